The van der Waals surface area contributed by atoms with E-state index in [1.165, 1.54) is 18.2 Å². The van der Waals surface area contributed by atoms with Crippen molar-refractivity contribution in [2.45, 2.75) is 19.9 Å². The Labute approximate surface area is 117 Å². The Morgan fingerprint density at radius 2 is 1.85 bits per heavy atom. The van der Waals surface area contributed by atoms with E-state index in [0.29, 0.717) is 11.3 Å². The summed E-state index contributed by atoms with van der Waals surface area (Å²) in [6, 6.07) is 8.84. The molecule has 106 valence electrons. The van der Waals surface area contributed by atoms with Crippen LogP contribution in [0.5, 0.6) is 0 Å². The molecular weight excluding hydrogens is 260 g/mol. The summed E-state index contributed by atoms with van der Waals surface area (Å²) in [5, 5.41) is 12.6. The third-order valence-electron chi connectivity index (χ3n) is 3.15. The van der Waals surface area contributed by atoms with Crippen LogP contribution in [-0.2, 0) is 0 Å². The normalized spacial score (nSPS) is 12.2. The van der Waals surface area contributed by atoms with Gasteiger partial charge in [-0.3, -0.25) is 0 Å². The highest BCUT2D eigenvalue weighted by Crippen LogP contribution is 2.22. The van der Waals surface area contributed by atoms with Gasteiger partial charge in [-0.1, -0.05) is 12.1 Å². The largest absolute Gasteiger partial charge is 0.394 e. The number of hydrogen-bond acceptors (Lipinski definition) is 2. The molecule has 0 heterocycles. The molecule has 0 aliphatic heterocycles. The van der Waals surface area contributed by atoms with E-state index < -0.39 is 6.04 Å². The topological polar surface area (TPSA) is 32.3 Å². The molecule has 0 aromatic heterocycles. The van der Waals surface area contributed by atoms with Gasteiger partial charge in [0.05, 0.1) is 12.6 Å². The Hall–Kier alpha value is -1.94. The van der Waals surface area contributed by atoms with Gasteiger partial charge in [-0.25, -0.2) is 8.78 Å². The molecule has 20 heavy (non-hydrogen) atoms. The van der Waals surface area contributed by atoms with Gasteiger partial charge in [0.2, 0.25) is 0 Å². The minimum atomic E-state index is -0.407. The fourth-order valence-corrected chi connectivity index (χ4v) is 2.14. The summed E-state index contributed by atoms with van der Waals surface area (Å²) in [5.41, 5.74) is 2.65. The number of aliphatic hydroxyl groups is 1. The van der Waals surface area contributed by atoms with Gasteiger partial charge in [0.1, 0.15) is 11.6 Å². The second kappa shape index (κ2) is 6.01. The van der Waals surface area contributed by atoms with Crippen molar-refractivity contribution in [1.82, 2.24) is 0 Å². The van der Waals surface area contributed by atoms with Gasteiger partial charge in [-0.2, -0.15) is 0 Å². The summed E-state index contributed by atoms with van der Waals surface area (Å²) in [6.45, 7) is 3.30. The first kappa shape index (κ1) is 14.5. The van der Waals surface area contributed by atoms with Crippen molar-refractivity contribution in [2.24, 2.45) is 0 Å². The average molecular weight is 277 g/mol. The van der Waals surface area contributed by atoms with Crippen LogP contribution < -0.4 is 5.32 Å². The van der Waals surface area contributed by atoms with E-state index >= 15 is 0 Å². The fraction of sp³-hybridized carbons (Fsp3) is 0.250. The lowest BCUT2D eigenvalue weighted by molar-refractivity contribution is 0.276. The molecule has 0 aliphatic carbocycles. The molecule has 0 radical (unpaired) electrons. The molecule has 0 fully saturated rings. The summed E-state index contributed by atoms with van der Waals surface area (Å²) in [4.78, 5) is 0. The average Bonchev–Trinajstić information content (AvgIpc) is 2.38. The molecule has 1 unspecified atom stereocenters. The first-order valence-electron chi connectivity index (χ1n) is 6.40. The zero-order valence-electron chi connectivity index (χ0n) is 11.5. The number of rotatable bonds is 4. The van der Waals surface area contributed by atoms with Crippen LogP contribution in [0.1, 0.15) is 22.7 Å². The molecule has 0 saturated carbocycles. The monoisotopic (exact) mass is 277 g/mol. The molecule has 0 aliphatic rings. The van der Waals surface area contributed by atoms with Gasteiger partial charge >= 0.3 is 0 Å². The molecule has 2 rings (SSSR count). The summed E-state index contributed by atoms with van der Waals surface area (Å²) in [7, 11) is 0. The second-order valence-electron chi connectivity index (χ2n) is 4.91. The number of hydrogen-bond donors (Lipinski definition) is 2. The first-order valence-corrected chi connectivity index (χ1v) is 6.40. The Morgan fingerprint density at radius 3 is 2.45 bits per heavy atom. The number of aliphatic hydroxyl groups excluding tert-OH is 1. The van der Waals surface area contributed by atoms with Gasteiger partial charge in [0, 0.05) is 5.69 Å². The highest BCUT2D eigenvalue weighted by Gasteiger charge is 2.12. The van der Waals surface area contributed by atoms with Gasteiger partial charge in [-0.05, 0) is 54.8 Å². The Bertz CT molecular complexity index is 593. The molecule has 0 amide bonds. The number of nitrogens with one attached hydrogen (secondary N) is 1. The van der Waals surface area contributed by atoms with Crippen molar-refractivity contribution < 1.29 is 13.9 Å². The minimum absolute atomic E-state index is 0.166. The Morgan fingerprint density at radius 1 is 1.10 bits per heavy atom. The zero-order valence-corrected chi connectivity index (χ0v) is 11.5. The lowest BCUT2D eigenvalue weighted by atomic mass is 10.0. The van der Waals surface area contributed by atoms with Crippen molar-refractivity contribution in [3.63, 3.8) is 0 Å². The fourth-order valence-electron chi connectivity index (χ4n) is 2.14. The number of benzene rings is 2. The zero-order chi connectivity index (χ0) is 14.7. The van der Waals surface area contributed by atoms with E-state index in [0.717, 1.165) is 11.1 Å². The van der Waals surface area contributed by atoms with Crippen molar-refractivity contribution in [1.29, 1.82) is 0 Å². The van der Waals surface area contributed by atoms with Crippen molar-refractivity contribution in [3.05, 3.63) is 64.7 Å². The Balaban J connectivity index is 2.26. The summed E-state index contributed by atoms with van der Waals surface area (Å²) >= 11 is 0. The van der Waals surface area contributed by atoms with Gasteiger partial charge in [0.25, 0.3) is 0 Å². The van der Waals surface area contributed by atoms with Crippen LogP contribution >= 0.6 is 0 Å². The van der Waals surface area contributed by atoms with Gasteiger partial charge in [-0.15, -0.1) is 0 Å². The number of halogens is 2. The molecule has 2 aromatic carbocycles. The molecule has 2 N–H and O–H groups in total. The highest BCUT2D eigenvalue weighted by molar-refractivity contribution is 5.48. The lowest BCUT2D eigenvalue weighted by Gasteiger charge is -2.19. The number of aryl methyl sites for hydroxylation is 2. The highest BCUT2D eigenvalue weighted by atomic mass is 19.1. The maximum atomic E-state index is 13.3. The molecule has 2 nitrogen and oxygen atoms in total. The molecule has 0 bridgehead atoms. The Kier molecular flexibility index (Phi) is 4.35. The molecular formula is C16H17F2NO. The molecule has 1 atom stereocenters. The minimum Gasteiger partial charge on any atom is -0.394 e. The standard InChI is InChI=1S/C16H17F2NO/c1-10-5-13(17)8-14(6-10)19-16(9-20)12-3-4-15(18)11(2)7-12/h3-8,16,19-20H,9H2,1-2H3. The quantitative estimate of drug-likeness (QED) is 0.892. The molecule has 0 spiro atoms. The van der Waals surface area contributed by atoms with Crippen LogP contribution in [0.2, 0.25) is 0 Å². The van der Waals surface area contributed by atoms with Crippen LogP contribution in [0.3, 0.4) is 0 Å². The smallest absolute Gasteiger partial charge is 0.126 e. The third kappa shape index (κ3) is 3.33. The van der Waals surface area contributed by atoms with Crippen molar-refractivity contribution in [3.8, 4) is 0 Å². The predicted octanol–water partition coefficient (Wildman–Crippen LogP) is 3.73. The van der Waals surface area contributed by atoms with E-state index in [1.807, 2.05) is 0 Å². The van der Waals surface area contributed by atoms with Crippen LogP contribution in [0.25, 0.3) is 0 Å². The second-order valence-corrected chi connectivity index (χ2v) is 4.91. The van der Waals surface area contributed by atoms with Crippen molar-refractivity contribution >= 4 is 5.69 Å². The van der Waals surface area contributed by atoms with Gasteiger partial charge < -0.3 is 10.4 Å². The van der Waals surface area contributed by atoms with E-state index in [2.05, 4.69) is 5.32 Å². The molecule has 2 aromatic rings. The van der Waals surface area contributed by atoms with Crippen LogP contribution in [0.4, 0.5) is 14.5 Å². The van der Waals surface area contributed by atoms with Gasteiger partial charge in [0.15, 0.2) is 0 Å². The molecule has 4 heteroatoms. The van der Waals surface area contributed by atoms with Crippen LogP contribution in [0, 0.1) is 25.5 Å². The summed E-state index contributed by atoms with van der Waals surface area (Å²) in [5.74, 6) is -0.619. The summed E-state index contributed by atoms with van der Waals surface area (Å²) < 4.78 is 26.6. The van der Waals surface area contributed by atoms with E-state index in [4.69, 9.17) is 0 Å². The third-order valence-corrected chi connectivity index (χ3v) is 3.15. The van der Waals surface area contributed by atoms with Crippen LogP contribution in [0.15, 0.2) is 36.4 Å². The predicted molar refractivity (Wildman–Crippen MR) is 75.7 cm³/mol. The van der Waals surface area contributed by atoms with Crippen LogP contribution in [-0.4, -0.2) is 11.7 Å². The molecule has 0 saturated heterocycles. The maximum absolute atomic E-state index is 13.3. The maximum Gasteiger partial charge on any atom is 0.126 e. The van der Waals surface area contributed by atoms with E-state index in [-0.39, 0.29) is 18.2 Å². The first-order chi connectivity index (χ1) is 9.49. The lowest BCUT2D eigenvalue weighted by Crippen LogP contribution is -2.15. The van der Waals surface area contributed by atoms with Crippen molar-refractivity contribution in [2.75, 3.05) is 11.9 Å². The summed E-state index contributed by atoms with van der Waals surface area (Å²) in [6.07, 6.45) is 0. The number of anilines is 1. The van der Waals surface area contributed by atoms with E-state index in [9.17, 15) is 13.9 Å². The SMILES string of the molecule is Cc1cc(F)cc(NC(CO)c2ccc(F)c(C)c2)c1. The van der Waals surface area contributed by atoms with E-state index in [1.54, 1.807) is 32.0 Å².